The Bertz CT molecular complexity index is 778. The van der Waals surface area contributed by atoms with Crippen molar-refractivity contribution in [1.29, 1.82) is 0 Å². The van der Waals surface area contributed by atoms with Crippen molar-refractivity contribution in [3.63, 3.8) is 0 Å². The van der Waals surface area contributed by atoms with E-state index in [0.717, 1.165) is 5.56 Å². The van der Waals surface area contributed by atoms with Crippen LogP contribution in [0.1, 0.15) is 25.5 Å². The van der Waals surface area contributed by atoms with Crippen LogP contribution in [0.15, 0.2) is 59.5 Å². The molecule has 0 aromatic heterocycles. The topological polar surface area (TPSA) is 52.6 Å². The van der Waals surface area contributed by atoms with Gasteiger partial charge in [0, 0.05) is 0 Å². The van der Waals surface area contributed by atoms with E-state index in [0.29, 0.717) is 11.7 Å². The van der Waals surface area contributed by atoms with Gasteiger partial charge in [-0.15, -0.1) is 0 Å². The van der Waals surface area contributed by atoms with E-state index in [1.165, 1.54) is 12.1 Å². The van der Waals surface area contributed by atoms with Crippen molar-refractivity contribution in [3.05, 3.63) is 60.2 Å². The number of hydrogen-bond acceptors (Lipinski definition) is 4. The summed E-state index contributed by atoms with van der Waals surface area (Å²) >= 11 is 0. The Hall–Kier alpha value is -1.63. The average Bonchev–Trinajstić information content (AvgIpc) is 2.53. The molecule has 2 aromatic carbocycles. The highest BCUT2D eigenvalue weighted by Crippen LogP contribution is 2.31. The minimum atomic E-state index is -3.82. The van der Waals surface area contributed by atoms with Crippen LogP contribution in [0.25, 0.3) is 0 Å². The maximum absolute atomic E-state index is 12.3. The van der Waals surface area contributed by atoms with Crippen molar-refractivity contribution in [2.24, 2.45) is 5.92 Å². The minimum Gasteiger partial charge on any atom is -0.410 e. The lowest BCUT2D eigenvalue weighted by Gasteiger charge is -2.29. The van der Waals surface area contributed by atoms with Crippen molar-refractivity contribution < 1.29 is 17.0 Å². The van der Waals surface area contributed by atoms with E-state index in [4.69, 9.17) is 8.61 Å². The summed E-state index contributed by atoms with van der Waals surface area (Å²) in [6, 6.07) is 15.2. The summed E-state index contributed by atoms with van der Waals surface area (Å²) < 4.78 is 36.0. The molecule has 0 spiro atoms. The lowest BCUT2D eigenvalue weighted by Crippen LogP contribution is -2.30. The monoisotopic (exact) mass is 378 g/mol. The average molecular weight is 379 g/mol. The summed E-state index contributed by atoms with van der Waals surface area (Å²) in [5.74, 6) is 0.620. The van der Waals surface area contributed by atoms with Gasteiger partial charge in [-0.05, 0) is 55.4 Å². The Morgan fingerprint density at radius 2 is 1.44 bits per heavy atom. The Balaban J connectivity index is 2.19. The first-order valence-corrected chi connectivity index (χ1v) is 13.2. The van der Waals surface area contributed by atoms with Crippen LogP contribution in [0, 0.1) is 5.92 Å². The minimum absolute atomic E-state index is 0.00792. The summed E-state index contributed by atoms with van der Waals surface area (Å²) in [5.41, 5.74) is 1.03. The van der Waals surface area contributed by atoms with E-state index >= 15 is 0 Å². The van der Waals surface area contributed by atoms with Crippen LogP contribution in [0.5, 0.6) is 5.75 Å². The molecule has 0 N–H and O–H groups in total. The zero-order valence-corrected chi connectivity index (χ0v) is 17.2. The highest BCUT2D eigenvalue weighted by Gasteiger charge is 2.25. The highest BCUT2D eigenvalue weighted by atomic mass is 32.2. The molecule has 6 heteroatoms. The Morgan fingerprint density at radius 1 is 0.880 bits per heavy atom. The van der Waals surface area contributed by atoms with Crippen LogP contribution < -0.4 is 4.18 Å². The standard InChI is InChI=1S/C19H26O4SSi/c1-15(2)19(23-25(3,4)5)16-11-13-17(14-12-16)22-24(20,21)18-9-7-6-8-10-18/h6-15,19H,1-5H3. The van der Waals surface area contributed by atoms with Crippen molar-refractivity contribution >= 4 is 18.4 Å². The van der Waals surface area contributed by atoms with Gasteiger partial charge in [0.15, 0.2) is 8.32 Å². The zero-order valence-electron chi connectivity index (χ0n) is 15.4. The van der Waals surface area contributed by atoms with E-state index in [1.54, 1.807) is 30.3 Å². The van der Waals surface area contributed by atoms with Gasteiger partial charge in [0.05, 0.1) is 6.10 Å². The first-order valence-electron chi connectivity index (χ1n) is 8.36. The second kappa shape index (κ2) is 7.72. The molecular weight excluding hydrogens is 352 g/mol. The van der Waals surface area contributed by atoms with Crippen LogP contribution in [-0.2, 0) is 14.5 Å². The third-order valence-electron chi connectivity index (χ3n) is 3.53. The molecule has 0 aliphatic carbocycles. The van der Waals surface area contributed by atoms with E-state index in [9.17, 15) is 8.42 Å². The van der Waals surface area contributed by atoms with Crippen LogP contribution in [0.2, 0.25) is 19.6 Å². The fraction of sp³-hybridized carbons (Fsp3) is 0.368. The third-order valence-corrected chi connectivity index (χ3v) is 5.75. The molecule has 136 valence electrons. The maximum atomic E-state index is 12.3. The predicted octanol–water partition coefficient (Wildman–Crippen LogP) is 5.00. The summed E-state index contributed by atoms with van der Waals surface area (Å²) in [6.45, 7) is 10.7. The molecule has 4 nitrogen and oxygen atoms in total. The molecule has 2 rings (SSSR count). The van der Waals surface area contributed by atoms with E-state index in [-0.39, 0.29) is 11.0 Å². The molecule has 0 saturated heterocycles. The van der Waals surface area contributed by atoms with Crippen LogP contribution in [-0.4, -0.2) is 16.7 Å². The number of rotatable bonds is 7. The van der Waals surface area contributed by atoms with Gasteiger partial charge < -0.3 is 8.61 Å². The normalized spacial score (nSPS) is 13.7. The van der Waals surface area contributed by atoms with Crippen molar-refractivity contribution in [3.8, 4) is 5.75 Å². The Labute approximate surface area is 152 Å². The van der Waals surface area contributed by atoms with Gasteiger partial charge in [-0.25, -0.2) is 0 Å². The quantitative estimate of drug-likeness (QED) is 0.502. The molecule has 1 atom stereocenters. The van der Waals surface area contributed by atoms with Gasteiger partial charge in [0.25, 0.3) is 0 Å². The SMILES string of the molecule is CC(C)C(O[Si](C)(C)C)c1ccc(OS(=O)(=O)c2ccccc2)cc1. The Kier molecular flexibility index (Phi) is 6.08. The summed E-state index contributed by atoms with van der Waals surface area (Å²) in [6.07, 6.45) is -0.00792. The second-order valence-corrected chi connectivity index (χ2v) is 13.3. The summed E-state index contributed by atoms with van der Waals surface area (Å²) in [4.78, 5) is 0.140. The second-order valence-electron chi connectivity index (χ2n) is 7.31. The van der Waals surface area contributed by atoms with Crippen LogP contribution >= 0.6 is 0 Å². The largest absolute Gasteiger partial charge is 0.410 e. The molecule has 2 aromatic rings. The van der Waals surface area contributed by atoms with Crippen molar-refractivity contribution in [2.45, 2.75) is 44.5 Å². The lowest BCUT2D eigenvalue weighted by atomic mass is 9.99. The molecule has 0 saturated carbocycles. The molecule has 0 heterocycles. The van der Waals surface area contributed by atoms with Crippen molar-refractivity contribution in [1.82, 2.24) is 0 Å². The van der Waals surface area contributed by atoms with Crippen LogP contribution in [0.3, 0.4) is 0 Å². The van der Waals surface area contributed by atoms with E-state index < -0.39 is 18.4 Å². The van der Waals surface area contributed by atoms with E-state index in [2.05, 4.69) is 33.5 Å². The smallest absolute Gasteiger partial charge is 0.339 e. The summed E-state index contributed by atoms with van der Waals surface area (Å²) in [5, 5.41) is 0. The van der Waals surface area contributed by atoms with Gasteiger partial charge in [-0.1, -0.05) is 44.2 Å². The van der Waals surface area contributed by atoms with Crippen molar-refractivity contribution in [2.75, 3.05) is 0 Å². The molecule has 0 fully saturated rings. The van der Waals surface area contributed by atoms with Gasteiger partial charge in [-0.3, -0.25) is 0 Å². The van der Waals surface area contributed by atoms with Gasteiger partial charge in [0.2, 0.25) is 0 Å². The molecule has 0 radical (unpaired) electrons. The maximum Gasteiger partial charge on any atom is 0.339 e. The fourth-order valence-corrected chi connectivity index (χ4v) is 4.57. The molecule has 0 aliphatic rings. The fourth-order valence-electron chi connectivity index (χ4n) is 2.44. The molecule has 0 bridgehead atoms. The highest BCUT2D eigenvalue weighted by molar-refractivity contribution is 7.87. The summed E-state index contributed by atoms with van der Waals surface area (Å²) in [7, 11) is -5.50. The van der Waals surface area contributed by atoms with E-state index in [1.807, 2.05) is 12.1 Å². The zero-order chi connectivity index (χ0) is 18.7. The van der Waals surface area contributed by atoms with Crippen LogP contribution in [0.4, 0.5) is 0 Å². The van der Waals surface area contributed by atoms with Gasteiger partial charge in [-0.2, -0.15) is 8.42 Å². The molecule has 0 aliphatic heterocycles. The molecule has 1 unspecified atom stereocenters. The number of benzene rings is 2. The lowest BCUT2D eigenvalue weighted by molar-refractivity contribution is 0.146. The Morgan fingerprint density at radius 3 is 1.92 bits per heavy atom. The van der Waals surface area contributed by atoms with Gasteiger partial charge in [0.1, 0.15) is 10.6 Å². The number of hydrogen-bond donors (Lipinski definition) is 0. The first-order chi connectivity index (χ1) is 11.6. The first kappa shape index (κ1) is 19.7. The third kappa shape index (κ3) is 5.69. The van der Waals surface area contributed by atoms with Gasteiger partial charge >= 0.3 is 10.1 Å². The molecule has 25 heavy (non-hydrogen) atoms. The predicted molar refractivity (Wildman–Crippen MR) is 103 cm³/mol. The molecule has 0 amide bonds. The molecular formula is C19H26O4SSi.